The van der Waals surface area contributed by atoms with Gasteiger partial charge in [-0.3, -0.25) is 0 Å². The van der Waals surface area contributed by atoms with Crippen LogP contribution in [0.25, 0.3) is 109 Å². The maximum Gasteiger partial charge on any atom is 0.0159 e. The predicted molar refractivity (Wildman–Crippen MR) is 245 cm³/mol. The molecule has 11 aromatic carbocycles. The lowest BCUT2D eigenvalue weighted by Gasteiger charge is -2.22. The molecule has 0 nitrogen and oxygen atoms in total. The Bertz CT molecular complexity index is 3410. The van der Waals surface area contributed by atoms with Crippen LogP contribution >= 0.6 is 0 Å². The summed E-state index contributed by atoms with van der Waals surface area (Å²) in [5.41, 5.74) is 13.0. The predicted octanol–water partition coefficient (Wildman–Crippen LogP) is 15.9. The second-order valence-electron chi connectivity index (χ2n) is 16.4. The van der Waals surface area contributed by atoms with Crippen LogP contribution in [0, 0.1) is 0 Å². The molecule has 0 heteroatoms. The van der Waals surface area contributed by atoms with Gasteiger partial charge in [-0.25, -0.2) is 0 Å². The molecule has 0 spiro atoms. The topological polar surface area (TPSA) is 0 Å². The van der Waals surface area contributed by atoms with Gasteiger partial charge in [0.25, 0.3) is 0 Å². The Hall–Kier alpha value is -7.02. The van der Waals surface area contributed by atoms with E-state index in [2.05, 4.69) is 208 Å². The molecule has 57 heavy (non-hydrogen) atoms. The van der Waals surface area contributed by atoms with Crippen molar-refractivity contribution >= 4 is 64.6 Å². The summed E-state index contributed by atoms with van der Waals surface area (Å²) in [7, 11) is 0. The van der Waals surface area contributed by atoms with E-state index in [0.29, 0.717) is 0 Å². The Morgan fingerprint density at radius 3 is 1.44 bits per heavy atom. The SMILES string of the molecule is CC1(C)c2ccc(-c3ccc(-c4c5ccccc5c(-c5cc6ccc7ccccc7c6c6ccccc56)c5ccccc45)cc3)cc2-c2cc3ccccc3cc21. The van der Waals surface area contributed by atoms with Crippen molar-refractivity contribution in [3.63, 3.8) is 0 Å². The van der Waals surface area contributed by atoms with Crippen molar-refractivity contribution in [2.45, 2.75) is 19.3 Å². The summed E-state index contributed by atoms with van der Waals surface area (Å²) >= 11 is 0. The van der Waals surface area contributed by atoms with Gasteiger partial charge in [0.15, 0.2) is 0 Å². The van der Waals surface area contributed by atoms with Crippen molar-refractivity contribution in [2.75, 3.05) is 0 Å². The first-order valence-electron chi connectivity index (χ1n) is 20.1. The van der Waals surface area contributed by atoms with Gasteiger partial charge in [-0.05, 0) is 145 Å². The first-order chi connectivity index (χ1) is 28.0. The average molecular weight is 723 g/mol. The molecule has 0 saturated heterocycles. The normalized spacial score (nSPS) is 13.2. The molecule has 0 atom stereocenters. The summed E-state index contributed by atoms with van der Waals surface area (Å²) in [5, 5.41) is 15.4. The first kappa shape index (κ1) is 32.2. The summed E-state index contributed by atoms with van der Waals surface area (Å²) < 4.78 is 0. The molecule has 0 radical (unpaired) electrons. The molecule has 0 amide bonds. The van der Waals surface area contributed by atoms with Crippen LogP contribution in [0.4, 0.5) is 0 Å². The molecular weight excluding hydrogens is 685 g/mol. The van der Waals surface area contributed by atoms with Gasteiger partial charge < -0.3 is 0 Å². The van der Waals surface area contributed by atoms with Gasteiger partial charge in [0.2, 0.25) is 0 Å². The van der Waals surface area contributed by atoms with E-state index in [1.54, 1.807) is 0 Å². The number of hydrogen-bond acceptors (Lipinski definition) is 0. The lowest BCUT2D eigenvalue weighted by atomic mass is 9.81. The van der Waals surface area contributed by atoms with Gasteiger partial charge in [-0.2, -0.15) is 0 Å². The van der Waals surface area contributed by atoms with E-state index in [1.165, 1.54) is 120 Å². The molecule has 0 fully saturated rings. The molecule has 0 heterocycles. The van der Waals surface area contributed by atoms with Crippen LogP contribution in [-0.2, 0) is 5.41 Å². The number of benzene rings is 11. The second kappa shape index (κ2) is 12.0. The minimum atomic E-state index is -0.0428. The second-order valence-corrected chi connectivity index (χ2v) is 16.4. The van der Waals surface area contributed by atoms with Crippen molar-refractivity contribution in [2.24, 2.45) is 0 Å². The molecule has 0 bridgehead atoms. The minimum absolute atomic E-state index is 0.0428. The van der Waals surface area contributed by atoms with E-state index >= 15 is 0 Å². The highest BCUT2D eigenvalue weighted by Gasteiger charge is 2.35. The quantitative estimate of drug-likeness (QED) is 0.126. The highest BCUT2D eigenvalue weighted by molar-refractivity contribution is 6.28. The average Bonchev–Trinajstić information content (AvgIpc) is 3.48. The third-order valence-electron chi connectivity index (χ3n) is 13.0. The molecule has 1 aliphatic carbocycles. The van der Waals surface area contributed by atoms with Gasteiger partial charge in [0, 0.05) is 5.41 Å². The fourth-order valence-corrected chi connectivity index (χ4v) is 10.3. The Labute approximate surface area is 332 Å². The number of hydrogen-bond donors (Lipinski definition) is 0. The van der Waals surface area contributed by atoms with Crippen LogP contribution in [0.5, 0.6) is 0 Å². The van der Waals surface area contributed by atoms with Crippen molar-refractivity contribution in [3.8, 4) is 44.5 Å². The van der Waals surface area contributed by atoms with Crippen LogP contribution in [0.1, 0.15) is 25.0 Å². The monoisotopic (exact) mass is 722 g/mol. The van der Waals surface area contributed by atoms with Crippen molar-refractivity contribution in [1.82, 2.24) is 0 Å². The Kier molecular flexibility index (Phi) is 6.78. The molecule has 0 aliphatic heterocycles. The van der Waals surface area contributed by atoms with Crippen molar-refractivity contribution < 1.29 is 0 Å². The minimum Gasteiger partial charge on any atom is -0.0616 e. The highest BCUT2D eigenvalue weighted by atomic mass is 14.4. The molecule has 0 N–H and O–H groups in total. The van der Waals surface area contributed by atoms with E-state index in [1.807, 2.05) is 0 Å². The lowest BCUT2D eigenvalue weighted by molar-refractivity contribution is 0.661. The maximum absolute atomic E-state index is 2.44. The molecule has 12 rings (SSSR count). The largest absolute Gasteiger partial charge is 0.0616 e. The van der Waals surface area contributed by atoms with E-state index in [9.17, 15) is 0 Å². The molecule has 0 unspecified atom stereocenters. The van der Waals surface area contributed by atoms with Crippen LogP contribution in [0.3, 0.4) is 0 Å². The summed E-state index contributed by atoms with van der Waals surface area (Å²) in [6.07, 6.45) is 0. The van der Waals surface area contributed by atoms with Gasteiger partial charge in [0.1, 0.15) is 0 Å². The van der Waals surface area contributed by atoms with Crippen LogP contribution in [-0.4, -0.2) is 0 Å². The van der Waals surface area contributed by atoms with E-state index < -0.39 is 0 Å². The smallest absolute Gasteiger partial charge is 0.0159 e. The van der Waals surface area contributed by atoms with E-state index in [-0.39, 0.29) is 5.41 Å². The third-order valence-corrected chi connectivity index (χ3v) is 13.0. The Morgan fingerprint density at radius 1 is 0.281 bits per heavy atom. The van der Waals surface area contributed by atoms with Gasteiger partial charge in [-0.1, -0.05) is 184 Å². The lowest BCUT2D eigenvalue weighted by Crippen LogP contribution is -2.14. The van der Waals surface area contributed by atoms with Crippen molar-refractivity contribution in [1.29, 1.82) is 0 Å². The number of fused-ring (bicyclic) bond motifs is 11. The maximum atomic E-state index is 2.44. The van der Waals surface area contributed by atoms with Crippen LogP contribution < -0.4 is 0 Å². The van der Waals surface area contributed by atoms with Crippen molar-refractivity contribution in [3.05, 3.63) is 205 Å². The third kappa shape index (κ3) is 4.68. The summed E-state index contributed by atoms with van der Waals surface area (Å²) in [6, 6.07) is 72.7. The van der Waals surface area contributed by atoms with Gasteiger partial charge >= 0.3 is 0 Å². The summed E-state index contributed by atoms with van der Waals surface area (Å²) in [4.78, 5) is 0. The number of rotatable bonds is 3. The highest BCUT2D eigenvalue weighted by Crippen LogP contribution is 2.51. The molecule has 0 aromatic heterocycles. The fourth-order valence-electron chi connectivity index (χ4n) is 10.3. The molecule has 0 saturated carbocycles. The first-order valence-corrected chi connectivity index (χ1v) is 20.1. The Balaban J connectivity index is 1.03. The zero-order valence-corrected chi connectivity index (χ0v) is 32.0. The molecular formula is C57H38. The van der Waals surface area contributed by atoms with E-state index in [0.717, 1.165) is 0 Å². The van der Waals surface area contributed by atoms with Gasteiger partial charge in [0.05, 0.1) is 0 Å². The zero-order chi connectivity index (χ0) is 37.8. The molecule has 266 valence electrons. The molecule has 1 aliphatic rings. The fraction of sp³-hybridized carbons (Fsp3) is 0.0526. The molecule has 11 aromatic rings. The Morgan fingerprint density at radius 2 is 0.754 bits per heavy atom. The van der Waals surface area contributed by atoms with E-state index in [4.69, 9.17) is 0 Å². The van der Waals surface area contributed by atoms with Gasteiger partial charge in [-0.15, -0.1) is 0 Å². The van der Waals surface area contributed by atoms with Crippen LogP contribution in [0.15, 0.2) is 194 Å². The standard InChI is InChI=1S/C57H38/c1-57(2)52-30-29-40(32-49(52)50-31-38-14-3-4-15-39(38)34-53(50)57)35-23-26-37(27-24-35)54-45-19-9-11-21-47(45)56(48-22-12-10-20-46(48)54)51-33-41-28-25-36-13-5-6-16-42(36)55(41)44-18-8-7-17-43(44)51/h3-34H,1-2H3. The zero-order valence-electron chi connectivity index (χ0n) is 32.0. The summed E-state index contributed by atoms with van der Waals surface area (Å²) in [6.45, 7) is 4.73. The summed E-state index contributed by atoms with van der Waals surface area (Å²) in [5.74, 6) is 0. The van der Waals surface area contributed by atoms with Crippen LogP contribution in [0.2, 0.25) is 0 Å².